The van der Waals surface area contributed by atoms with Crippen LogP contribution in [-0.4, -0.2) is 96.7 Å². The molecule has 0 aromatic rings. The highest BCUT2D eigenvalue weighted by molar-refractivity contribution is 7.47. The van der Waals surface area contributed by atoms with Gasteiger partial charge in [-0.15, -0.1) is 0 Å². The Kier molecular flexibility index (Phi) is 49.2. The zero-order valence-electron chi connectivity index (χ0n) is 46.8. The maximum Gasteiger partial charge on any atom is 0.472 e. The predicted octanol–water partition coefficient (Wildman–Crippen LogP) is 14.4. The Morgan fingerprint density at radius 1 is 0.324 bits per heavy atom. The van der Waals surface area contributed by atoms with Crippen LogP contribution >= 0.6 is 15.6 Å². The minimum Gasteiger partial charge on any atom is -0.462 e. The van der Waals surface area contributed by atoms with E-state index >= 15 is 0 Å². The van der Waals surface area contributed by atoms with E-state index in [1.807, 2.05) is 0 Å². The molecule has 74 heavy (non-hydrogen) atoms. The number of aliphatic hydroxyl groups is 1. The van der Waals surface area contributed by atoms with Gasteiger partial charge in [0, 0.05) is 25.7 Å². The molecule has 0 amide bonds. The van der Waals surface area contributed by atoms with Gasteiger partial charge < -0.3 is 33.8 Å². The summed E-state index contributed by atoms with van der Waals surface area (Å²) in [7, 11) is -9.85. The highest BCUT2D eigenvalue weighted by atomic mass is 31.2. The fourth-order valence-corrected chi connectivity index (χ4v) is 9.62. The Morgan fingerprint density at radius 2 is 0.541 bits per heavy atom. The predicted molar refractivity (Wildman–Crippen MR) is 289 cm³/mol. The van der Waals surface area contributed by atoms with Gasteiger partial charge in [-0.2, -0.15) is 0 Å². The average molecular weight is 1100 g/mol. The first-order chi connectivity index (χ1) is 35.7. The number of ether oxygens (including phenoxy) is 4. The fourth-order valence-electron chi connectivity index (χ4n) is 8.04. The number of rotatable bonds is 56. The zero-order chi connectivity index (χ0) is 54.8. The van der Waals surface area contributed by atoms with Crippen molar-refractivity contribution in [3.8, 4) is 0 Å². The van der Waals surface area contributed by atoms with Crippen LogP contribution in [0.3, 0.4) is 0 Å². The summed E-state index contributed by atoms with van der Waals surface area (Å²) in [6, 6.07) is 0. The van der Waals surface area contributed by atoms with E-state index in [0.29, 0.717) is 25.7 Å². The van der Waals surface area contributed by atoms with Gasteiger partial charge in [0.15, 0.2) is 12.2 Å². The van der Waals surface area contributed by atoms with Crippen molar-refractivity contribution >= 4 is 39.5 Å². The number of carbonyl (C=O) groups is 4. The molecule has 0 aliphatic carbocycles. The first kappa shape index (κ1) is 72.1. The quantitative estimate of drug-likeness (QED) is 0.0222. The molecule has 5 atom stereocenters. The number of aliphatic hydroxyl groups excluding tert-OH is 1. The Balaban J connectivity index is 5.15. The van der Waals surface area contributed by atoms with Crippen molar-refractivity contribution in [1.29, 1.82) is 0 Å². The van der Waals surface area contributed by atoms with E-state index in [-0.39, 0.29) is 25.7 Å². The number of esters is 4. The molecule has 0 bridgehead atoms. The molecular weight excluding hydrogens is 995 g/mol. The maximum atomic E-state index is 12.9. The van der Waals surface area contributed by atoms with Crippen LogP contribution < -0.4 is 0 Å². The minimum atomic E-state index is -4.93. The van der Waals surface area contributed by atoms with Crippen LogP contribution in [0.15, 0.2) is 0 Å². The second-order valence-corrected chi connectivity index (χ2v) is 22.9. The molecule has 2 unspecified atom stereocenters. The SMILES string of the molecule is CCCCCCCCCCCCCCCC(=O)O[C@H](COC(=O)CCCCCCCCCC)COP(=O)(O)OC[C@@H](O)COP(=O)(O)OC[C@@H](COC(=O)CCCCCCC)OC(=O)CCCCCCCCCC. The van der Waals surface area contributed by atoms with Gasteiger partial charge in [0.2, 0.25) is 0 Å². The second kappa shape index (κ2) is 50.6. The molecule has 0 heterocycles. The molecule has 0 rings (SSSR count). The number of phosphoric acid groups is 2. The van der Waals surface area contributed by atoms with Crippen LogP contribution in [0.1, 0.15) is 272 Å². The maximum absolute atomic E-state index is 12.9. The summed E-state index contributed by atoms with van der Waals surface area (Å²) in [4.78, 5) is 71.4. The van der Waals surface area contributed by atoms with E-state index in [1.165, 1.54) is 83.5 Å². The molecule has 0 aliphatic rings. The Labute approximate surface area is 447 Å². The lowest BCUT2D eigenvalue weighted by molar-refractivity contribution is -0.161. The highest BCUT2D eigenvalue weighted by Gasteiger charge is 2.30. The number of hydrogen-bond donors (Lipinski definition) is 3. The van der Waals surface area contributed by atoms with Gasteiger partial charge in [-0.25, -0.2) is 9.13 Å². The normalized spacial score (nSPS) is 14.4. The molecule has 0 saturated carbocycles. The fraction of sp³-hybridized carbons (Fsp3) is 0.927. The molecule has 438 valence electrons. The van der Waals surface area contributed by atoms with Crippen LogP contribution in [0.5, 0.6) is 0 Å². The van der Waals surface area contributed by atoms with Crippen molar-refractivity contribution in [1.82, 2.24) is 0 Å². The third kappa shape index (κ3) is 49.6. The van der Waals surface area contributed by atoms with Gasteiger partial charge in [0.25, 0.3) is 0 Å². The average Bonchev–Trinajstić information content (AvgIpc) is 3.37. The van der Waals surface area contributed by atoms with E-state index in [4.69, 9.17) is 37.0 Å². The number of hydrogen-bond acceptors (Lipinski definition) is 15. The van der Waals surface area contributed by atoms with Gasteiger partial charge in [0.05, 0.1) is 26.4 Å². The molecule has 0 spiro atoms. The lowest BCUT2D eigenvalue weighted by Crippen LogP contribution is -2.30. The molecule has 19 heteroatoms. The lowest BCUT2D eigenvalue weighted by atomic mass is 10.0. The monoisotopic (exact) mass is 1100 g/mol. The van der Waals surface area contributed by atoms with Gasteiger partial charge in [0.1, 0.15) is 19.3 Å². The van der Waals surface area contributed by atoms with E-state index in [9.17, 15) is 43.2 Å². The first-order valence-electron chi connectivity index (χ1n) is 29.3. The van der Waals surface area contributed by atoms with Gasteiger partial charge in [-0.05, 0) is 25.7 Å². The number of phosphoric ester groups is 2. The molecule has 0 radical (unpaired) electrons. The van der Waals surface area contributed by atoms with Crippen molar-refractivity contribution in [2.45, 2.75) is 290 Å². The van der Waals surface area contributed by atoms with Gasteiger partial charge in [-0.3, -0.25) is 37.3 Å². The second-order valence-electron chi connectivity index (χ2n) is 20.0. The van der Waals surface area contributed by atoms with E-state index in [0.717, 1.165) is 109 Å². The van der Waals surface area contributed by atoms with Crippen molar-refractivity contribution in [2.24, 2.45) is 0 Å². The van der Waals surface area contributed by atoms with E-state index < -0.39 is 97.5 Å². The van der Waals surface area contributed by atoms with Crippen molar-refractivity contribution in [3.63, 3.8) is 0 Å². The summed E-state index contributed by atoms with van der Waals surface area (Å²) in [6.45, 7) is 4.69. The third-order valence-corrected chi connectivity index (χ3v) is 14.5. The van der Waals surface area contributed by atoms with Crippen molar-refractivity contribution in [3.05, 3.63) is 0 Å². The van der Waals surface area contributed by atoms with Crippen molar-refractivity contribution < 1.29 is 80.2 Å². The zero-order valence-corrected chi connectivity index (χ0v) is 48.6. The molecule has 0 saturated heterocycles. The van der Waals surface area contributed by atoms with Crippen LogP contribution in [0, 0.1) is 0 Å². The standard InChI is InChI=1S/C55H106O17P2/c1-5-9-13-17-20-23-24-25-26-27-30-34-38-42-55(60)72-51(46-66-53(58)40-36-32-28-21-18-14-10-6-2)48-70-74(63,64)68-44-49(56)43-67-73(61,62)69-47-50(45-65-52(57)39-35-31-16-12-8-4)71-54(59)41-37-33-29-22-19-15-11-7-3/h49-51,56H,5-48H2,1-4H3,(H,61,62)(H,63,64)/t49-,50+,51+/m0/s1. The summed E-state index contributed by atoms with van der Waals surface area (Å²) in [5, 5.41) is 10.4. The summed E-state index contributed by atoms with van der Waals surface area (Å²) < 4.78 is 67.3. The molecule has 0 aliphatic heterocycles. The summed E-state index contributed by atoms with van der Waals surface area (Å²) in [5.41, 5.74) is 0. The first-order valence-corrected chi connectivity index (χ1v) is 32.3. The minimum absolute atomic E-state index is 0.104. The smallest absolute Gasteiger partial charge is 0.462 e. The molecule has 0 aromatic carbocycles. The molecular formula is C55H106O17P2. The summed E-state index contributed by atoms with van der Waals surface area (Å²) in [6.07, 6.45) is 32.5. The van der Waals surface area contributed by atoms with E-state index in [2.05, 4.69) is 27.7 Å². The van der Waals surface area contributed by atoms with E-state index in [1.54, 1.807) is 0 Å². The molecule has 0 aromatic heterocycles. The Bertz CT molecular complexity index is 1450. The highest BCUT2D eigenvalue weighted by Crippen LogP contribution is 2.45. The topological polar surface area (TPSA) is 237 Å². The third-order valence-electron chi connectivity index (χ3n) is 12.6. The Morgan fingerprint density at radius 3 is 0.797 bits per heavy atom. The molecule has 0 fully saturated rings. The van der Waals surface area contributed by atoms with Gasteiger partial charge >= 0.3 is 39.5 Å². The van der Waals surface area contributed by atoms with Crippen LogP contribution in [-0.2, 0) is 65.4 Å². The number of unbranched alkanes of at least 4 members (excludes halogenated alkanes) is 30. The summed E-state index contributed by atoms with van der Waals surface area (Å²) in [5.74, 6) is -2.16. The lowest BCUT2D eigenvalue weighted by Gasteiger charge is -2.21. The van der Waals surface area contributed by atoms with Crippen molar-refractivity contribution in [2.75, 3.05) is 39.6 Å². The molecule has 17 nitrogen and oxygen atoms in total. The largest absolute Gasteiger partial charge is 0.472 e. The number of carbonyl (C=O) groups excluding carboxylic acids is 4. The van der Waals surface area contributed by atoms with Crippen LogP contribution in [0.25, 0.3) is 0 Å². The van der Waals surface area contributed by atoms with Crippen LogP contribution in [0.2, 0.25) is 0 Å². The summed E-state index contributed by atoms with van der Waals surface area (Å²) >= 11 is 0. The molecule has 3 N–H and O–H groups in total. The van der Waals surface area contributed by atoms with Crippen LogP contribution in [0.4, 0.5) is 0 Å². The Hall–Kier alpha value is -1.94. The van der Waals surface area contributed by atoms with Gasteiger partial charge in [-0.1, -0.05) is 220 Å².